The number of piperidine rings is 1. The topological polar surface area (TPSA) is 147 Å². The van der Waals surface area contributed by atoms with Gasteiger partial charge < -0.3 is 11.1 Å². The molecule has 11 nitrogen and oxygen atoms in total. The SMILES string of the molecule is N#Cc1nccc(NC2CCN(Cc3ccc(-n4c(-c5cccnc5N)nc5ccc(-c6ccncc6)nc54)cc3)CC2)n1. The van der Waals surface area contributed by atoms with E-state index in [1.807, 2.05) is 48.5 Å². The largest absolute Gasteiger partial charge is 0.383 e. The van der Waals surface area contributed by atoms with Crippen LogP contribution in [-0.4, -0.2) is 58.5 Å². The van der Waals surface area contributed by atoms with Gasteiger partial charge in [0.1, 0.15) is 23.2 Å². The van der Waals surface area contributed by atoms with Gasteiger partial charge in [-0.25, -0.2) is 24.9 Å². The molecule has 0 spiro atoms. The first-order chi connectivity index (χ1) is 21.6. The van der Waals surface area contributed by atoms with E-state index in [0.717, 1.165) is 66.1 Å². The maximum atomic E-state index is 9.06. The molecule has 0 bridgehead atoms. The number of hydrogen-bond donors (Lipinski definition) is 2. The Hall–Kier alpha value is -5.73. The number of imidazole rings is 1. The zero-order chi connectivity index (χ0) is 29.9. The van der Waals surface area contributed by atoms with Crippen molar-refractivity contribution in [3.05, 3.63) is 103 Å². The van der Waals surface area contributed by atoms with E-state index in [4.69, 9.17) is 21.0 Å². The number of fused-ring (bicyclic) bond motifs is 1. The number of nitrogens with zero attached hydrogens (tertiary/aromatic N) is 9. The van der Waals surface area contributed by atoms with Crippen molar-refractivity contribution >= 4 is 22.8 Å². The molecule has 5 aromatic heterocycles. The molecule has 0 amide bonds. The molecule has 0 aliphatic carbocycles. The zero-order valence-electron chi connectivity index (χ0n) is 23.9. The number of likely N-dealkylation sites (tertiary alicyclic amines) is 1. The summed E-state index contributed by atoms with van der Waals surface area (Å²) >= 11 is 0. The van der Waals surface area contributed by atoms with E-state index in [1.54, 1.807) is 24.8 Å². The van der Waals surface area contributed by atoms with Crippen molar-refractivity contribution in [3.8, 4) is 34.4 Å². The van der Waals surface area contributed by atoms with Crippen LogP contribution in [0.2, 0.25) is 0 Å². The molecular weight excluding hydrogens is 550 g/mol. The summed E-state index contributed by atoms with van der Waals surface area (Å²) in [6.45, 7) is 2.79. The van der Waals surface area contributed by atoms with Gasteiger partial charge in [-0.3, -0.25) is 14.5 Å². The molecule has 11 heteroatoms. The fourth-order valence-corrected chi connectivity index (χ4v) is 5.62. The lowest BCUT2D eigenvalue weighted by molar-refractivity contribution is 0.211. The normalized spacial score (nSPS) is 14.0. The highest BCUT2D eigenvalue weighted by Crippen LogP contribution is 2.32. The number of nitrogens with one attached hydrogen (secondary N) is 1. The third-order valence-electron chi connectivity index (χ3n) is 7.86. The number of aromatic nitrogens is 7. The van der Waals surface area contributed by atoms with Crippen LogP contribution in [-0.2, 0) is 6.54 Å². The highest BCUT2D eigenvalue weighted by atomic mass is 15.2. The average Bonchev–Trinajstić information content (AvgIpc) is 3.45. The van der Waals surface area contributed by atoms with Crippen molar-refractivity contribution in [2.24, 2.45) is 0 Å². The molecule has 1 aliphatic rings. The van der Waals surface area contributed by atoms with Gasteiger partial charge in [-0.05, 0) is 73.0 Å². The van der Waals surface area contributed by atoms with E-state index < -0.39 is 0 Å². The quantitative estimate of drug-likeness (QED) is 0.269. The molecule has 0 atom stereocenters. The third kappa shape index (κ3) is 5.54. The first-order valence-electron chi connectivity index (χ1n) is 14.5. The monoisotopic (exact) mass is 579 g/mol. The van der Waals surface area contributed by atoms with Gasteiger partial charge in [-0.2, -0.15) is 5.26 Å². The number of nitrogen functional groups attached to an aromatic ring is 1. The van der Waals surface area contributed by atoms with Crippen LogP contribution in [0, 0.1) is 11.3 Å². The Morgan fingerprint density at radius 3 is 2.45 bits per heavy atom. The Bertz CT molecular complexity index is 1950. The van der Waals surface area contributed by atoms with E-state index in [9.17, 15) is 0 Å². The minimum Gasteiger partial charge on any atom is -0.383 e. The van der Waals surface area contributed by atoms with Crippen LogP contribution in [0.3, 0.4) is 0 Å². The van der Waals surface area contributed by atoms with Gasteiger partial charge in [0.2, 0.25) is 5.82 Å². The van der Waals surface area contributed by atoms with Gasteiger partial charge in [-0.1, -0.05) is 12.1 Å². The number of anilines is 2. The summed E-state index contributed by atoms with van der Waals surface area (Å²) in [6.07, 6.45) is 8.81. The molecule has 0 unspecified atom stereocenters. The van der Waals surface area contributed by atoms with Crippen LogP contribution in [0.5, 0.6) is 0 Å². The van der Waals surface area contributed by atoms with Crippen LogP contribution in [0.15, 0.2) is 91.5 Å². The number of benzene rings is 1. The second-order valence-corrected chi connectivity index (χ2v) is 10.7. The maximum Gasteiger partial charge on any atom is 0.234 e. The fourth-order valence-electron chi connectivity index (χ4n) is 5.62. The standard InChI is InChI=1S/C33H29N11/c34-20-30-37-17-11-29(42-30)39-24-12-18-43(19-13-24)21-22-3-5-25(6-4-22)44-32(26-2-1-14-38-31(26)35)41-28-8-7-27(40-33(28)44)23-9-15-36-16-10-23/h1-11,14-17,24H,12-13,18-19,21H2,(H2,35,38)(H,37,39,42). The van der Waals surface area contributed by atoms with Crippen LogP contribution in [0.1, 0.15) is 24.2 Å². The predicted molar refractivity (Wildman–Crippen MR) is 168 cm³/mol. The maximum absolute atomic E-state index is 9.06. The van der Waals surface area contributed by atoms with Crippen molar-refractivity contribution in [1.29, 1.82) is 5.26 Å². The third-order valence-corrected chi connectivity index (χ3v) is 7.86. The lowest BCUT2D eigenvalue weighted by atomic mass is 10.0. The van der Waals surface area contributed by atoms with Gasteiger partial charge in [0.05, 0.1) is 11.3 Å². The van der Waals surface area contributed by atoms with E-state index in [0.29, 0.717) is 23.5 Å². The highest BCUT2D eigenvalue weighted by molar-refractivity contribution is 5.84. The fraction of sp³-hybridized carbons (Fsp3) is 0.182. The Morgan fingerprint density at radius 2 is 1.68 bits per heavy atom. The number of nitrogens with two attached hydrogens (primary N) is 1. The van der Waals surface area contributed by atoms with Gasteiger partial charge >= 0.3 is 0 Å². The van der Waals surface area contributed by atoms with E-state index in [-0.39, 0.29) is 5.82 Å². The van der Waals surface area contributed by atoms with Crippen LogP contribution >= 0.6 is 0 Å². The molecule has 0 saturated carbocycles. The Kier molecular flexibility index (Phi) is 7.32. The molecule has 6 heterocycles. The molecule has 216 valence electrons. The summed E-state index contributed by atoms with van der Waals surface area (Å²) in [6, 6.07) is 24.3. The van der Waals surface area contributed by atoms with Crippen molar-refractivity contribution in [2.45, 2.75) is 25.4 Å². The van der Waals surface area contributed by atoms with E-state index in [1.165, 1.54) is 5.56 Å². The number of pyridine rings is 3. The summed E-state index contributed by atoms with van der Waals surface area (Å²) in [5, 5.41) is 12.5. The first-order valence-corrected chi connectivity index (χ1v) is 14.5. The molecule has 1 saturated heterocycles. The van der Waals surface area contributed by atoms with Crippen LogP contribution in [0.4, 0.5) is 11.6 Å². The Balaban J connectivity index is 1.13. The minimum atomic E-state index is 0.181. The summed E-state index contributed by atoms with van der Waals surface area (Å²) in [5.41, 5.74) is 12.6. The highest BCUT2D eigenvalue weighted by Gasteiger charge is 2.21. The molecule has 7 rings (SSSR count). The Morgan fingerprint density at radius 1 is 0.864 bits per heavy atom. The molecule has 3 N–H and O–H groups in total. The van der Waals surface area contributed by atoms with Crippen molar-refractivity contribution < 1.29 is 0 Å². The summed E-state index contributed by atoms with van der Waals surface area (Å²) in [4.78, 5) is 29.1. The molecule has 44 heavy (non-hydrogen) atoms. The summed E-state index contributed by atoms with van der Waals surface area (Å²) < 4.78 is 2.05. The van der Waals surface area contributed by atoms with E-state index in [2.05, 4.69) is 59.0 Å². The Labute approximate surface area is 254 Å². The lowest BCUT2D eigenvalue weighted by Crippen LogP contribution is -2.38. The van der Waals surface area contributed by atoms with Crippen LogP contribution < -0.4 is 11.1 Å². The second-order valence-electron chi connectivity index (χ2n) is 10.7. The minimum absolute atomic E-state index is 0.181. The van der Waals surface area contributed by atoms with Gasteiger partial charge in [0.15, 0.2) is 11.5 Å². The number of nitriles is 1. The lowest BCUT2D eigenvalue weighted by Gasteiger charge is -2.32. The van der Waals surface area contributed by atoms with Gasteiger partial charge in [0, 0.05) is 61.7 Å². The van der Waals surface area contributed by atoms with Crippen molar-refractivity contribution in [2.75, 3.05) is 24.1 Å². The van der Waals surface area contributed by atoms with E-state index >= 15 is 0 Å². The predicted octanol–water partition coefficient (Wildman–Crippen LogP) is 4.86. The van der Waals surface area contributed by atoms with Crippen LogP contribution in [0.25, 0.3) is 39.5 Å². The zero-order valence-corrected chi connectivity index (χ0v) is 23.9. The average molecular weight is 580 g/mol. The van der Waals surface area contributed by atoms with Gasteiger partial charge in [-0.15, -0.1) is 0 Å². The molecular formula is C33H29N11. The smallest absolute Gasteiger partial charge is 0.234 e. The molecule has 1 aromatic carbocycles. The van der Waals surface area contributed by atoms with Crippen molar-refractivity contribution in [3.63, 3.8) is 0 Å². The van der Waals surface area contributed by atoms with Crippen molar-refractivity contribution in [1.82, 2.24) is 39.4 Å². The number of rotatable bonds is 7. The first kappa shape index (κ1) is 27.1. The summed E-state index contributed by atoms with van der Waals surface area (Å²) in [5.74, 6) is 1.99. The van der Waals surface area contributed by atoms with Gasteiger partial charge in [0.25, 0.3) is 0 Å². The molecule has 6 aromatic rings. The second kappa shape index (κ2) is 11.9. The number of hydrogen-bond acceptors (Lipinski definition) is 10. The summed E-state index contributed by atoms with van der Waals surface area (Å²) in [7, 11) is 0. The molecule has 1 aliphatic heterocycles. The molecule has 1 fully saturated rings. The molecule has 0 radical (unpaired) electrons.